The number of primary amides is 1. The van der Waals surface area contributed by atoms with Gasteiger partial charge < -0.3 is 20.7 Å². The number of hydrogen-bond acceptors (Lipinski definition) is 3. The first-order valence-corrected chi connectivity index (χ1v) is 4.39. The summed E-state index contributed by atoms with van der Waals surface area (Å²) in [6, 6.07) is -1.65. The van der Waals surface area contributed by atoms with E-state index in [-0.39, 0.29) is 13.0 Å². The molecule has 0 bridgehead atoms. The highest BCUT2D eigenvalue weighted by atomic mass is 16.4. The maximum atomic E-state index is 11.1. The Kier molecular flexibility index (Phi) is 2.07. The fourth-order valence-corrected chi connectivity index (χ4v) is 1.69. The van der Waals surface area contributed by atoms with Crippen molar-refractivity contribution in [3.8, 4) is 0 Å². The Bertz CT molecular complexity index is 377. The first-order valence-electron chi connectivity index (χ1n) is 4.39. The molecule has 1 atom stereocenters. The van der Waals surface area contributed by atoms with E-state index in [1.165, 1.54) is 6.33 Å². The number of aliphatic carboxylic acids is 1. The first-order chi connectivity index (χ1) is 7.09. The van der Waals surface area contributed by atoms with Crippen LogP contribution in [0.2, 0.25) is 0 Å². The zero-order valence-corrected chi connectivity index (χ0v) is 7.80. The predicted octanol–water partition coefficient (Wildman–Crippen LogP) is -0.700. The molecule has 1 aromatic heterocycles. The topological polar surface area (TPSA) is 112 Å². The number of carboxylic acids is 1. The Balaban J connectivity index is 2.33. The van der Waals surface area contributed by atoms with Crippen LogP contribution < -0.4 is 5.73 Å². The van der Waals surface area contributed by atoms with Gasteiger partial charge in [-0.05, 0) is 0 Å². The summed E-state index contributed by atoms with van der Waals surface area (Å²) in [6.07, 6.45) is 1.67. The van der Waals surface area contributed by atoms with Gasteiger partial charge in [0, 0.05) is 6.42 Å². The number of imidazole rings is 1. The Hall–Kier alpha value is -2.05. The van der Waals surface area contributed by atoms with Gasteiger partial charge in [0.1, 0.15) is 6.04 Å². The Morgan fingerprint density at radius 2 is 2.40 bits per heavy atom. The molecular formula is C8H10N4O3. The van der Waals surface area contributed by atoms with Gasteiger partial charge in [-0.1, -0.05) is 0 Å². The van der Waals surface area contributed by atoms with Gasteiger partial charge in [0.2, 0.25) is 0 Å². The molecule has 0 saturated carbocycles. The zero-order valence-electron chi connectivity index (χ0n) is 7.80. The molecule has 0 unspecified atom stereocenters. The van der Waals surface area contributed by atoms with E-state index in [1.54, 1.807) is 0 Å². The van der Waals surface area contributed by atoms with E-state index in [9.17, 15) is 9.59 Å². The highest BCUT2D eigenvalue weighted by Crippen LogP contribution is 2.20. The second-order valence-electron chi connectivity index (χ2n) is 3.35. The summed E-state index contributed by atoms with van der Waals surface area (Å²) >= 11 is 0. The highest BCUT2D eigenvalue weighted by molar-refractivity contribution is 5.82. The van der Waals surface area contributed by atoms with Crippen LogP contribution in [-0.2, 0) is 17.8 Å². The lowest BCUT2D eigenvalue weighted by atomic mass is 10.0. The molecule has 0 aliphatic carbocycles. The highest BCUT2D eigenvalue weighted by Gasteiger charge is 2.34. The minimum atomic E-state index is -1.07. The standard InChI is InChI=1S/C8H10N4O3/c9-8(15)12-2-5-4(10-3-11-5)1-6(12)7(13)14/h3,6H,1-2H2,(H2,9,15)(H,10,11)(H,13,14)/t6-/m0/s1. The third-order valence-corrected chi connectivity index (χ3v) is 2.47. The number of rotatable bonds is 1. The van der Waals surface area contributed by atoms with Crippen LogP contribution in [-0.4, -0.2) is 38.0 Å². The Morgan fingerprint density at radius 1 is 1.67 bits per heavy atom. The molecule has 0 spiro atoms. The second kappa shape index (κ2) is 3.26. The van der Waals surface area contributed by atoms with Crippen LogP contribution in [0.15, 0.2) is 6.33 Å². The van der Waals surface area contributed by atoms with E-state index in [0.29, 0.717) is 5.69 Å². The number of aromatic amines is 1. The van der Waals surface area contributed by atoms with Crippen molar-refractivity contribution in [1.82, 2.24) is 14.9 Å². The molecule has 2 heterocycles. The summed E-state index contributed by atoms with van der Waals surface area (Å²) < 4.78 is 0. The first kappa shape index (κ1) is 9.50. The van der Waals surface area contributed by atoms with Crippen molar-refractivity contribution in [1.29, 1.82) is 0 Å². The van der Waals surface area contributed by atoms with Crippen LogP contribution >= 0.6 is 0 Å². The van der Waals surface area contributed by atoms with Gasteiger partial charge >= 0.3 is 12.0 Å². The number of carbonyl (C=O) groups is 2. The number of carbonyl (C=O) groups excluding carboxylic acids is 1. The minimum absolute atomic E-state index is 0.168. The molecule has 1 aromatic rings. The van der Waals surface area contributed by atoms with E-state index in [0.717, 1.165) is 10.6 Å². The number of urea groups is 1. The van der Waals surface area contributed by atoms with Crippen molar-refractivity contribution in [3.05, 3.63) is 17.7 Å². The molecule has 15 heavy (non-hydrogen) atoms. The lowest BCUT2D eigenvalue weighted by Crippen LogP contribution is -2.50. The number of nitrogens with one attached hydrogen (secondary N) is 1. The van der Waals surface area contributed by atoms with E-state index >= 15 is 0 Å². The molecule has 2 amide bonds. The van der Waals surface area contributed by atoms with Crippen LogP contribution in [0.5, 0.6) is 0 Å². The van der Waals surface area contributed by atoms with E-state index in [1.807, 2.05) is 0 Å². The monoisotopic (exact) mass is 210 g/mol. The smallest absolute Gasteiger partial charge is 0.326 e. The average molecular weight is 210 g/mol. The van der Waals surface area contributed by atoms with Crippen molar-refractivity contribution >= 4 is 12.0 Å². The fraction of sp³-hybridized carbons (Fsp3) is 0.375. The maximum absolute atomic E-state index is 11.1. The van der Waals surface area contributed by atoms with Crippen molar-refractivity contribution < 1.29 is 14.7 Å². The maximum Gasteiger partial charge on any atom is 0.326 e. The molecule has 7 heteroatoms. The van der Waals surface area contributed by atoms with Gasteiger partial charge in [0.05, 0.1) is 24.3 Å². The van der Waals surface area contributed by atoms with Crippen molar-refractivity contribution in [2.24, 2.45) is 5.73 Å². The normalized spacial score (nSPS) is 19.7. The summed E-state index contributed by atoms with van der Waals surface area (Å²) in [7, 11) is 0. The predicted molar refractivity (Wildman–Crippen MR) is 48.8 cm³/mol. The fourth-order valence-electron chi connectivity index (χ4n) is 1.69. The van der Waals surface area contributed by atoms with Gasteiger partial charge in [-0.15, -0.1) is 0 Å². The molecule has 0 fully saturated rings. The number of nitrogens with two attached hydrogens (primary N) is 1. The van der Waals surface area contributed by atoms with Crippen LogP contribution in [0.1, 0.15) is 11.4 Å². The minimum Gasteiger partial charge on any atom is -0.480 e. The molecular weight excluding hydrogens is 200 g/mol. The Morgan fingerprint density at radius 3 is 3.00 bits per heavy atom. The molecule has 2 rings (SSSR count). The van der Waals surface area contributed by atoms with E-state index in [2.05, 4.69) is 9.97 Å². The molecule has 4 N–H and O–H groups in total. The molecule has 1 aliphatic heterocycles. The molecule has 7 nitrogen and oxygen atoms in total. The number of amides is 2. The van der Waals surface area contributed by atoms with Gasteiger partial charge in [0.15, 0.2) is 0 Å². The number of fused-ring (bicyclic) bond motifs is 1. The van der Waals surface area contributed by atoms with Crippen LogP contribution in [0, 0.1) is 0 Å². The molecule has 0 saturated heterocycles. The lowest BCUT2D eigenvalue weighted by molar-refractivity contribution is -0.142. The van der Waals surface area contributed by atoms with Crippen molar-refractivity contribution in [2.45, 2.75) is 19.0 Å². The van der Waals surface area contributed by atoms with Crippen LogP contribution in [0.3, 0.4) is 0 Å². The van der Waals surface area contributed by atoms with Crippen LogP contribution in [0.25, 0.3) is 0 Å². The number of nitrogens with zero attached hydrogens (tertiary/aromatic N) is 2. The number of H-pyrrole nitrogens is 1. The molecule has 80 valence electrons. The largest absolute Gasteiger partial charge is 0.480 e. The number of carboxylic acid groups (broad SMARTS) is 1. The number of hydrogen-bond donors (Lipinski definition) is 3. The summed E-state index contributed by atoms with van der Waals surface area (Å²) in [5.74, 6) is -1.07. The van der Waals surface area contributed by atoms with Crippen LogP contribution in [0.4, 0.5) is 4.79 Å². The van der Waals surface area contributed by atoms with Crippen molar-refractivity contribution in [3.63, 3.8) is 0 Å². The zero-order chi connectivity index (χ0) is 11.0. The summed E-state index contributed by atoms with van der Waals surface area (Å²) in [5, 5.41) is 8.93. The third-order valence-electron chi connectivity index (χ3n) is 2.47. The van der Waals surface area contributed by atoms with E-state index in [4.69, 9.17) is 10.8 Å². The molecule has 0 radical (unpaired) electrons. The summed E-state index contributed by atoms with van der Waals surface area (Å²) in [5.41, 5.74) is 6.53. The quantitative estimate of drug-likeness (QED) is 0.568. The summed E-state index contributed by atoms with van der Waals surface area (Å²) in [6.45, 7) is 0.168. The SMILES string of the molecule is NC(=O)N1Cc2[nH]cnc2C[C@H]1C(=O)O. The second-order valence-corrected chi connectivity index (χ2v) is 3.35. The van der Waals surface area contributed by atoms with Crippen molar-refractivity contribution in [2.75, 3.05) is 0 Å². The molecule has 1 aliphatic rings. The summed E-state index contributed by atoms with van der Waals surface area (Å²) in [4.78, 5) is 29.9. The third kappa shape index (κ3) is 1.51. The van der Waals surface area contributed by atoms with Gasteiger partial charge in [-0.3, -0.25) is 0 Å². The lowest BCUT2D eigenvalue weighted by Gasteiger charge is -2.30. The molecule has 0 aromatic carbocycles. The van der Waals surface area contributed by atoms with Gasteiger partial charge in [-0.25, -0.2) is 14.6 Å². The Labute approximate surface area is 84.9 Å². The average Bonchev–Trinajstić information content (AvgIpc) is 2.61. The van der Waals surface area contributed by atoms with Gasteiger partial charge in [-0.2, -0.15) is 0 Å². The van der Waals surface area contributed by atoms with E-state index < -0.39 is 18.0 Å². The number of aromatic nitrogens is 2. The van der Waals surface area contributed by atoms with Gasteiger partial charge in [0.25, 0.3) is 0 Å².